The molecule has 1 fully saturated rings. The van der Waals surface area contributed by atoms with Crippen LogP contribution in [-0.2, 0) is 16.0 Å². The molecule has 1 aromatic rings. The first-order chi connectivity index (χ1) is 9.65. The average Bonchev–Trinajstić information content (AvgIpc) is 2.83. The van der Waals surface area contributed by atoms with Crippen molar-refractivity contribution in [2.75, 3.05) is 30.3 Å². The molecule has 0 unspecified atom stereocenters. The number of carbonyl (C=O) groups excluding carboxylic acids is 2. The fraction of sp³-hybridized carbons (Fsp3) is 0.467. The number of carbonyl (C=O) groups is 2. The Morgan fingerprint density at radius 2 is 2.00 bits per heavy atom. The van der Waals surface area contributed by atoms with Gasteiger partial charge in [-0.05, 0) is 43.0 Å². The summed E-state index contributed by atoms with van der Waals surface area (Å²) in [5.74, 6) is 0.0962. The van der Waals surface area contributed by atoms with Crippen molar-refractivity contribution in [1.82, 2.24) is 4.90 Å². The Balaban J connectivity index is 1.78. The molecule has 2 N–H and O–H groups in total. The number of amides is 2. The molecule has 0 radical (unpaired) electrons. The van der Waals surface area contributed by atoms with Gasteiger partial charge in [-0.3, -0.25) is 9.59 Å². The lowest BCUT2D eigenvalue weighted by atomic mass is 10.0. The third-order valence-corrected chi connectivity index (χ3v) is 4.02. The molecule has 5 nitrogen and oxygen atoms in total. The number of nitrogens with zero attached hydrogens (tertiary/aromatic N) is 2. The van der Waals surface area contributed by atoms with E-state index in [0.29, 0.717) is 13.0 Å². The second kappa shape index (κ2) is 5.15. The van der Waals surface area contributed by atoms with E-state index in [0.717, 1.165) is 42.7 Å². The molecule has 2 heterocycles. The van der Waals surface area contributed by atoms with Crippen LogP contribution in [-0.4, -0.2) is 36.3 Å². The van der Waals surface area contributed by atoms with Crippen molar-refractivity contribution < 1.29 is 9.59 Å². The van der Waals surface area contributed by atoms with E-state index < -0.39 is 0 Å². The van der Waals surface area contributed by atoms with Gasteiger partial charge in [0.2, 0.25) is 11.8 Å². The second-order valence-corrected chi connectivity index (χ2v) is 5.46. The van der Waals surface area contributed by atoms with Crippen molar-refractivity contribution >= 4 is 23.2 Å². The Hall–Kier alpha value is -2.04. The SMILES string of the molecule is Nc1ccc2c(c1)CCCN2C(=O)CN1CCCC1=O. The molecule has 0 aromatic heterocycles. The van der Waals surface area contributed by atoms with Crippen LogP contribution in [0.2, 0.25) is 0 Å². The molecule has 2 aliphatic heterocycles. The van der Waals surface area contributed by atoms with Crippen LogP contribution in [0, 0.1) is 0 Å². The Kier molecular flexibility index (Phi) is 3.34. The molecule has 0 spiro atoms. The fourth-order valence-corrected chi connectivity index (χ4v) is 3.00. The molecule has 0 atom stereocenters. The van der Waals surface area contributed by atoms with Crippen LogP contribution >= 0.6 is 0 Å². The van der Waals surface area contributed by atoms with Crippen molar-refractivity contribution in [2.45, 2.75) is 25.7 Å². The largest absolute Gasteiger partial charge is 0.399 e. The molecule has 106 valence electrons. The highest BCUT2D eigenvalue weighted by Crippen LogP contribution is 2.29. The van der Waals surface area contributed by atoms with Gasteiger partial charge in [-0.1, -0.05) is 0 Å². The highest BCUT2D eigenvalue weighted by Gasteiger charge is 2.27. The van der Waals surface area contributed by atoms with Crippen molar-refractivity contribution in [3.05, 3.63) is 23.8 Å². The van der Waals surface area contributed by atoms with Crippen LogP contribution < -0.4 is 10.6 Å². The maximum absolute atomic E-state index is 12.4. The number of hydrogen-bond acceptors (Lipinski definition) is 3. The average molecular weight is 273 g/mol. The van der Waals surface area contributed by atoms with Gasteiger partial charge < -0.3 is 15.5 Å². The minimum Gasteiger partial charge on any atom is -0.399 e. The maximum Gasteiger partial charge on any atom is 0.246 e. The van der Waals surface area contributed by atoms with E-state index in [9.17, 15) is 9.59 Å². The van der Waals surface area contributed by atoms with Crippen LogP contribution in [0.4, 0.5) is 11.4 Å². The molecule has 0 bridgehead atoms. The van der Waals surface area contributed by atoms with E-state index in [1.54, 1.807) is 9.80 Å². The quantitative estimate of drug-likeness (QED) is 0.823. The molecule has 1 saturated heterocycles. The number of anilines is 2. The monoisotopic (exact) mass is 273 g/mol. The van der Waals surface area contributed by atoms with Crippen LogP contribution in [0.25, 0.3) is 0 Å². The molecular weight excluding hydrogens is 254 g/mol. The first kappa shape index (κ1) is 13.0. The highest BCUT2D eigenvalue weighted by atomic mass is 16.2. The summed E-state index contributed by atoms with van der Waals surface area (Å²) < 4.78 is 0. The van der Waals surface area contributed by atoms with Crippen molar-refractivity contribution in [3.8, 4) is 0 Å². The molecule has 0 saturated carbocycles. The number of nitrogen functional groups attached to an aromatic ring is 1. The van der Waals surface area contributed by atoms with E-state index in [2.05, 4.69) is 0 Å². The van der Waals surface area contributed by atoms with Gasteiger partial charge in [0.1, 0.15) is 6.54 Å². The number of fused-ring (bicyclic) bond motifs is 1. The molecule has 3 rings (SSSR count). The first-order valence-electron chi connectivity index (χ1n) is 7.12. The number of hydrogen-bond donors (Lipinski definition) is 1. The minimum absolute atomic E-state index is 0.00553. The predicted molar refractivity (Wildman–Crippen MR) is 77.3 cm³/mol. The van der Waals surface area contributed by atoms with Gasteiger partial charge in [-0.25, -0.2) is 0 Å². The third-order valence-electron chi connectivity index (χ3n) is 4.02. The fourth-order valence-electron chi connectivity index (χ4n) is 3.00. The van der Waals surface area contributed by atoms with Crippen LogP contribution in [0.3, 0.4) is 0 Å². The zero-order valence-electron chi connectivity index (χ0n) is 11.5. The summed E-state index contributed by atoms with van der Waals surface area (Å²) in [6.45, 7) is 1.62. The molecule has 2 amide bonds. The van der Waals surface area contributed by atoms with E-state index in [-0.39, 0.29) is 18.4 Å². The van der Waals surface area contributed by atoms with Gasteiger partial charge in [0.25, 0.3) is 0 Å². The van der Waals surface area contributed by atoms with Gasteiger partial charge >= 0.3 is 0 Å². The molecule has 5 heteroatoms. The van der Waals surface area contributed by atoms with Gasteiger partial charge in [-0.15, -0.1) is 0 Å². The van der Waals surface area contributed by atoms with E-state index in [1.165, 1.54) is 0 Å². The summed E-state index contributed by atoms with van der Waals surface area (Å²) in [7, 11) is 0. The van der Waals surface area contributed by atoms with E-state index in [1.807, 2.05) is 18.2 Å². The third kappa shape index (κ3) is 2.35. The second-order valence-electron chi connectivity index (χ2n) is 5.46. The van der Waals surface area contributed by atoms with Gasteiger partial charge in [0.05, 0.1) is 0 Å². The number of likely N-dealkylation sites (tertiary alicyclic amines) is 1. The Bertz CT molecular complexity index is 556. The number of nitrogens with two attached hydrogens (primary N) is 1. The maximum atomic E-state index is 12.4. The Morgan fingerprint density at radius 3 is 2.75 bits per heavy atom. The zero-order chi connectivity index (χ0) is 14.1. The molecule has 20 heavy (non-hydrogen) atoms. The number of benzene rings is 1. The summed E-state index contributed by atoms with van der Waals surface area (Å²) in [4.78, 5) is 27.5. The summed E-state index contributed by atoms with van der Waals surface area (Å²) >= 11 is 0. The number of rotatable bonds is 2. The Morgan fingerprint density at radius 1 is 1.20 bits per heavy atom. The van der Waals surface area contributed by atoms with Gasteiger partial charge in [0.15, 0.2) is 0 Å². The van der Waals surface area contributed by atoms with E-state index >= 15 is 0 Å². The number of aryl methyl sites for hydroxylation is 1. The summed E-state index contributed by atoms with van der Waals surface area (Å²) in [5, 5.41) is 0. The van der Waals surface area contributed by atoms with Gasteiger partial charge in [-0.2, -0.15) is 0 Å². The standard InChI is InChI=1S/C15H19N3O2/c16-12-5-6-13-11(9-12)3-1-8-18(13)15(20)10-17-7-2-4-14(17)19/h5-6,9H,1-4,7-8,10,16H2. The van der Waals surface area contributed by atoms with Crippen molar-refractivity contribution in [3.63, 3.8) is 0 Å². The summed E-state index contributed by atoms with van der Waals surface area (Å²) in [6, 6.07) is 5.68. The summed E-state index contributed by atoms with van der Waals surface area (Å²) in [5.41, 5.74) is 8.60. The molecule has 0 aliphatic carbocycles. The highest BCUT2D eigenvalue weighted by molar-refractivity contribution is 5.98. The van der Waals surface area contributed by atoms with Crippen molar-refractivity contribution in [1.29, 1.82) is 0 Å². The van der Waals surface area contributed by atoms with Crippen LogP contribution in [0.15, 0.2) is 18.2 Å². The molecule has 1 aromatic carbocycles. The lowest BCUT2D eigenvalue weighted by Gasteiger charge is -2.31. The van der Waals surface area contributed by atoms with Crippen LogP contribution in [0.1, 0.15) is 24.8 Å². The topological polar surface area (TPSA) is 66.6 Å². The Labute approximate surface area is 118 Å². The van der Waals surface area contributed by atoms with Gasteiger partial charge in [0, 0.05) is 30.9 Å². The summed E-state index contributed by atoms with van der Waals surface area (Å²) in [6.07, 6.45) is 3.32. The van der Waals surface area contributed by atoms with Crippen molar-refractivity contribution in [2.24, 2.45) is 0 Å². The first-order valence-corrected chi connectivity index (χ1v) is 7.12. The minimum atomic E-state index is 0.00553. The van der Waals surface area contributed by atoms with Crippen LogP contribution in [0.5, 0.6) is 0 Å². The zero-order valence-corrected chi connectivity index (χ0v) is 11.5. The van der Waals surface area contributed by atoms with E-state index in [4.69, 9.17) is 5.73 Å². The normalized spacial score (nSPS) is 18.3. The predicted octanol–water partition coefficient (Wildman–Crippen LogP) is 1.17. The lowest BCUT2D eigenvalue weighted by molar-refractivity contribution is -0.132. The molecular formula is C15H19N3O2. The lowest BCUT2D eigenvalue weighted by Crippen LogP contribution is -2.43. The smallest absolute Gasteiger partial charge is 0.246 e. The molecule has 2 aliphatic rings.